The number of hydrogen-bond acceptors (Lipinski definition) is 7. The van der Waals surface area contributed by atoms with E-state index in [1.807, 2.05) is 12.1 Å². The zero-order valence-electron chi connectivity index (χ0n) is 18.1. The summed E-state index contributed by atoms with van der Waals surface area (Å²) in [6.07, 6.45) is 5.50. The molecule has 0 aliphatic rings. The number of halogens is 1. The van der Waals surface area contributed by atoms with Crippen LogP contribution < -0.4 is 10.5 Å². The summed E-state index contributed by atoms with van der Waals surface area (Å²) in [5, 5.41) is 0. The molecule has 0 aromatic heterocycles. The van der Waals surface area contributed by atoms with E-state index >= 15 is 0 Å². The largest absolute Gasteiger partial charge is 0.494 e. The van der Waals surface area contributed by atoms with Gasteiger partial charge in [0, 0.05) is 6.61 Å². The van der Waals surface area contributed by atoms with Gasteiger partial charge in [0.2, 0.25) is 0 Å². The molecule has 0 amide bonds. The molecular weight excluding hydrogens is 410 g/mol. The quantitative estimate of drug-likeness (QED) is 0.257. The van der Waals surface area contributed by atoms with Crippen molar-refractivity contribution in [3.8, 4) is 5.75 Å². The molecule has 8 heteroatoms. The molecule has 7 nitrogen and oxygen atoms in total. The van der Waals surface area contributed by atoms with Crippen LogP contribution in [0.3, 0.4) is 0 Å². The minimum absolute atomic E-state index is 0. The van der Waals surface area contributed by atoms with Crippen LogP contribution in [0.4, 0.5) is 0 Å². The van der Waals surface area contributed by atoms with Gasteiger partial charge < -0.3 is 29.4 Å². The third-order valence-electron chi connectivity index (χ3n) is 4.21. The van der Waals surface area contributed by atoms with Crippen molar-refractivity contribution in [2.45, 2.75) is 38.5 Å². The molecule has 1 aromatic carbocycles. The van der Waals surface area contributed by atoms with Gasteiger partial charge in [0.15, 0.2) is 0 Å². The molecule has 30 heavy (non-hydrogen) atoms. The number of carbonyl (C=O) groups excluding carboxylic acids is 1. The van der Waals surface area contributed by atoms with Crippen molar-refractivity contribution >= 4 is 18.4 Å². The summed E-state index contributed by atoms with van der Waals surface area (Å²) >= 11 is 0. The molecule has 0 unspecified atom stereocenters. The average Bonchev–Trinajstić information content (AvgIpc) is 2.73. The van der Waals surface area contributed by atoms with Crippen LogP contribution in [0.15, 0.2) is 24.3 Å². The van der Waals surface area contributed by atoms with Crippen LogP contribution in [0.25, 0.3) is 0 Å². The van der Waals surface area contributed by atoms with Crippen molar-refractivity contribution in [2.24, 2.45) is 5.73 Å². The number of methoxy groups -OCH3 is 1. The number of hydrogen-bond donors (Lipinski definition) is 1. The first-order valence-electron chi connectivity index (χ1n) is 10.5. The van der Waals surface area contributed by atoms with Gasteiger partial charge >= 0.3 is 5.97 Å². The fourth-order valence-corrected chi connectivity index (χ4v) is 2.61. The SMILES string of the molecule is COC(=O)CCOCCOCCOCCCCCCOc1cccc(CCN)c1.Cl. The van der Waals surface area contributed by atoms with Gasteiger partial charge in [-0.15, -0.1) is 12.4 Å². The number of nitrogens with two attached hydrogens (primary N) is 1. The maximum Gasteiger partial charge on any atom is 0.307 e. The van der Waals surface area contributed by atoms with E-state index in [9.17, 15) is 4.79 Å². The molecule has 0 bridgehead atoms. The smallest absolute Gasteiger partial charge is 0.307 e. The van der Waals surface area contributed by atoms with Gasteiger partial charge in [-0.05, 0) is 49.9 Å². The molecule has 1 rings (SSSR count). The molecule has 0 saturated carbocycles. The summed E-state index contributed by atoms with van der Waals surface area (Å²) < 4.78 is 26.5. The molecule has 0 saturated heterocycles. The van der Waals surface area contributed by atoms with Gasteiger partial charge in [-0.3, -0.25) is 4.79 Å². The van der Waals surface area contributed by atoms with Gasteiger partial charge in [-0.25, -0.2) is 0 Å². The molecule has 0 spiro atoms. The highest BCUT2D eigenvalue weighted by atomic mass is 35.5. The lowest BCUT2D eigenvalue weighted by Crippen LogP contribution is -2.12. The van der Waals surface area contributed by atoms with Crippen LogP contribution in [-0.4, -0.2) is 65.9 Å². The Kier molecular flexibility index (Phi) is 19.9. The summed E-state index contributed by atoms with van der Waals surface area (Å²) in [6.45, 7) is 4.62. The first-order valence-corrected chi connectivity index (χ1v) is 10.5. The van der Waals surface area contributed by atoms with Gasteiger partial charge in [-0.2, -0.15) is 0 Å². The number of rotatable bonds is 19. The van der Waals surface area contributed by atoms with Gasteiger partial charge in [0.05, 0.1) is 53.2 Å². The van der Waals surface area contributed by atoms with E-state index in [1.165, 1.54) is 12.7 Å². The number of benzene rings is 1. The maximum atomic E-state index is 10.9. The van der Waals surface area contributed by atoms with Gasteiger partial charge in [0.1, 0.15) is 5.75 Å². The second-order valence-electron chi connectivity index (χ2n) is 6.61. The Morgan fingerprint density at radius 3 is 2.17 bits per heavy atom. The zero-order valence-corrected chi connectivity index (χ0v) is 19.0. The number of unbranched alkanes of at least 4 members (excludes halogenated alkanes) is 3. The van der Waals surface area contributed by atoms with Crippen LogP contribution >= 0.6 is 12.4 Å². The Bertz CT molecular complexity index is 532. The average molecular weight is 448 g/mol. The lowest BCUT2D eigenvalue weighted by molar-refractivity contribution is -0.141. The lowest BCUT2D eigenvalue weighted by Gasteiger charge is -2.08. The second kappa shape index (κ2) is 20.9. The van der Waals surface area contributed by atoms with Crippen LogP contribution in [0.2, 0.25) is 0 Å². The third-order valence-corrected chi connectivity index (χ3v) is 4.21. The first kappa shape index (κ1) is 28.6. The van der Waals surface area contributed by atoms with Crippen LogP contribution in [-0.2, 0) is 30.2 Å². The Labute approximate surface area is 186 Å². The minimum atomic E-state index is -0.264. The van der Waals surface area contributed by atoms with E-state index in [-0.39, 0.29) is 24.8 Å². The van der Waals surface area contributed by atoms with E-state index < -0.39 is 0 Å². The molecule has 174 valence electrons. The summed E-state index contributed by atoms with van der Waals surface area (Å²) in [7, 11) is 1.37. The molecule has 0 fully saturated rings. The molecule has 2 N–H and O–H groups in total. The zero-order chi connectivity index (χ0) is 21.0. The molecule has 1 aromatic rings. The standard InChI is InChI=1S/C22H37NO6.ClH/c1-25-22(24)10-14-27-16-18-28-17-15-26-12-4-2-3-5-13-29-21-8-6-7-20(19-21)9-11-23;/h6-8,19H,2-5,9-18,23H2,1H3;1H. The lowest BCUT2D eigenvalue weighted by atomic mass is 10.1. The van der Waals surface area contributed by atoms with E-state index in [0.717, 1.165) is 51.1 Å². The Balaban J connectivity index is 0.00000841. The van der Waals surface area contributed by atoms with Gasteiger partial charge in [-0.1, -0.05) is 18.6 Å². The summed E-state index contributed by atoms with van der Waals surface area (Å²) in [4.78, 5) is 10.9. The molecule has 0 heterocycles. The second-order valence-corrected chi connectivity index (χ2v) is 6.61. The highest BCUT2D eigenvalue weighted by Gasteiger charge is 1.99. The van der Waals surface area contributed by atoms with Crippen molar-refractivity contribution in [3.63, 3.8) is 0 Å². The van der Waals surface area contributed by atoms with Crippen molar-refractivity contribution < 1.29 is 28.5 Å². The normalized spacial score (nSPS) is 10.5. The monoisotopic (exact) mass is 447 g/mol. The topological polar surface area (TPSA) is 89.2 Å². The molecule has 0 atom stereocenters. The van der Waals surface area contributed by atoms with Crippen LogP contribution in [0.1, 0.15) is 37.7 Å². The highest BCUT2D eigenvalue weighted by molar-refractivity contribution is 5.85. The Morgan fingerprint density at radius 1 is 0.867 bits per heavy atom. The Morgan fingerprint density at radius 2 is 1.50 bits per heavy atom. The predicted octanol–water partition coefficient (Wildman–Crippen LogP) is 3.16. The molecule has 0 radical (unpaired) electrons. The van der Waals surface area contributed by atoms with Gasteiger partial charge in [0.25, 0.3) is 0 Å². The molecule has 0 aliphatic heterocycles. The number of carbonyl (C=O) groups is 1. The van der Waals surface area contributed by atoms with Crippen molar-refractivity contribution in [1.29, 1.82) is 0 Å². The van der Waals surface area contributed by atoms with Crippen LogP contribution in [0.5, 0.6) is 5.75 Å². The first-order chi connectivity index (χ1) is 14.3. The number of esters is 1. The third kappa shape index (κ3) is 16.4. The predicted molar refractivity (Wildman–Crippen MR) is 120 cm³/mol. The van der Waals surface area contributed by atoms with E-state index in [2.05, 4.69) is 16.9 Å². The summed E-state index contributed by atoms with van der Waals surface area (Å²) in [6, 6.07) is 8.15. The Hall–Kier alpha value is -1.38. The van der Waals surface area contributed by atoms with Crippen molar-refractivity contribution in [3.05, 3.63) is 29.8 Å². The fraction of sp³-hybridized carbons (Fsp3) is 0.682. The fourth-order valence-electron chi connectivity index (χ4n) is 2.61. The minimum Gasteiger partial charge on any atom is -0.494 e. The summed E-state index contributed by atoms with van der Waals surface area (Å²) in [5.41, 5.74) is 6.80. The molecular formula is C22H38ClNO6. The van der Waals surface area contributed by atoms with Crippen molar-refractivity contribution in [2.75, 3.05) is 59.9 Å². The van der Waals surface area contributed by atoms with Crippen LogP contribution in [0, 0.1) is 0 Å². The molecule has 0 aliphatic carbocycles. The summed E-state index contributed by atoms with van der Waals surface area (Å²) in [5.74, 6) is 0.660. The van der Waals surface area contributed by atoms with E-state index in [4.69, 9.17) is 24.7 Å². The van der Waals surface area contributed by atoms with Crippen molar-refractivity contribution in [1.82, 2.24) is 0 Å². The van der Waals surface area contributed by atoms with E-state index in [1.54, 1.807) is 0 Å². The van der Waals surface area contributed by atoms with E-state index in [0.29, 0.717) is 39.6 Å². The highest BCUT2D eigenvalue weighted by Crippen LogP contribution is 2.14. The number of ether oxygens (including phenoxy) is 5. The maximum absolute atomic E-state index is 10.9.